The Morgan fingerprint density at radius 2 is 2.06 bits per heavy atom. The zero-order chi connectivity index (χ0) is 12.1. The molecule has 0 fully saturated rings. The van der Waals surface area contributed by atoms with Gasteiger partial charge in [-0.05, 0) is 59.3 Å². The van der Waals surface area contributed by atoms with E-state index in [1.165, 1.54) is 6.42 Å². The Morgan fingerprint density at radius 3 is 2.69 bits per heavy atom. The van der Waals surface area contributed by atoms with Gasteiger partial charge < -0.3 is 10.5 Å². The van der Waals surface area contributed by atoms with E-state index in [1.807, 2.05) is 19.1 Å². The van der Waals surface area contributed by atoms with E-state index in [9.17, 15) is 0 Å². The van der Waals surface area contributed by atoms with Gasteiger partial charge in [0.25, 0.3) is 0 Å². The summed E-state index contributed by atoms with van der Waals surface area (Å²) in [4.78, 5) is 0. The van der Waals surface area contributed by atoms with Crippen LogP contribution in [-0.4, -0.2) is 6.61 Å². The van der Waals surface area contributed by atoms with Crippen LogP contribution in [0.5, 0.6) is 5.75 Å². The molecular formula is C13H20BrNO. The number of halogens is 1. The van der Waals surface area contributed by atoms with Gasteiger partial charge in [0.1, 0.15) is 5.75 Å². The minimum atomic E-state index is 0.736. The molecule has 0 heterocycles. The topological polar surface area (TPSA) is 35.2 Å². The molecule has 90 valence electrons. The zero-order valence-electron chi connectivity index (χ0n) is 10.2. The number of anilines is 1. The molecule has 16 heavy (non-hydrogen) atoms. The fourth-order valence-corrected chi connectivity index (χ4v) is 1.93. The molecule has 0 bridgehead atoms. The fraction of sp³-hybridized carbons (Fsp3) is 0.538. The van der Waals surface area contributed by atoms with Gasteiger partial charge in [0.05, 0.1) is 11.1 Å². The molecule has 0 amide bonds. The van der Waals surface area contributed by atoms with Crippen molar-refractivity contribution in [1.82, 2.24) is 0 Å². The van der Waals surface area contributed by atoms with Gasteiger partial charge in [-0.15, -0.1) is 0 Å². The van der Waals surface area contributed by atoms with E-state index >= 15 is 0 Å². The Labute approximate surface area is 106 Å². The Morgan fingerprint density at radius 1 is 1.38 bits per heavy atom. The maximum absolute atomic E-state index is 5.80. The number of rotatable bonds is 5. The minimum absolute atomic E-state index is 0.736. The second-order valence-electron chi connectivity index (χ2n) is 4.52. The van der Waals surface area contributed by atoms with E-state index in [2.05, 4.69) is 29.8 Å². The molecule has 1 aromatic carbocycles. The second-order valence-corrected chi connectivity index (χ2v) is 5.38. The molecule has 0 atom stereocenters. The number of aryl methyl sites for hydroxylation is 1. The first-order chi connectivity index (χ1) is 7.50. The van der Waals surface area contributed by atoms with Crippen molar-refractivity contribution in [3.8, 4) is 5.75 Å². The molecule has 0 saturated carbocycles. The Balaban J connectivity index is 2.51. The summed E-state index contributed by atoms with van der Waals surface area (Å²) in [5.41, 5.74) is 7.65. The van der Waals surface area contributed by atoms with Gasteiger partial charge >= 0.3 is 0 Å². The van der Waals surface area contributed by atoms with Gasteiger partial charge in [-0.25, -0.2) is 0 Å². The quantitative estimate of drug-likeness (QED) is 0.651. The lowest BCUT2D eigenvalue weighted by Gasteiger charge is -2.11. The van der Waals surface area contributed by atoms with Crippen LogP contribution in [0, 0.1) is 12.8 Å². The highest BCUT2D eigenvalue weighted by Gasteiger charge is 2.04. The number of ether oxygens (including phenoxy) is 1. The van der Waals surface area contributed by atoms with Crippen LogP contribution in [0.2, 0.25) is 0 Å². The zero-order valence-corrected chi connectivity index (χ0v) is 11.8. The molecule has 2 nitrogen and oxygen atoms in total. The van der Waals surface area contributed by atoms with Crippen molar-refractivity contribution in [3.63, 3.8) is 0 Å². The third-order valence-corrected chi connectivity index (χ3v) is 3.12. The molecule has 0 saturated heterocycles. The Kier molecular flexibility index (Phi) is 5.13. The van der Waals surface area contributed by atoms with Crippen molar-refractivity contribution in [1.29, 1.82) is 0 Å². The number of hydrogen-bond donors (Lipinski definition) is 1. The summed E-state index contributed by atoms with van der Waals surface area (Å²) in [6.07, 6.45) is 2.29. The van der Waals surface area contributed by atoms with Crippen LogP contribution in [-0.2, 0) is 0 Å². The highest BCUT2D eigenvalue weighted by Crippen LogP contribution is 2.29. The predicted molar refractivity (Wildman–Crippen MR) is 72.9 cm³/mol. The molecule has 0 radical (unpaired) electrons. The number of benzene rings is 1. The lowest BCUT2D eigenvalue weighted by molar-refractivity contribution is 0.296. The number of nitrogen functional groups attached to an aromatic ring is 1. The van der Waals surface area contributed by atoms with Crippen molar-refractivity contribution in [2.24, 2.45) is 5.92 Å². The van der Waals surface area contributed by atoms with Crippen LogP contribution in [0.25, 0.3) is 0 Å². The average Bonchev–Trinajstić information content (AvgIpc) is 2.19. The highest BCUT2D eigenvalue weighted by molar-refractivity contribution is 9.10. The summed E-state index contributed by atoms with van der Waals surface area (Å²) < 4.78 is 6.65. The summed E-state index contributed by atoms with van der Waals surface area (Å²) >= 11 is 3.46. The molecule has 1 rings (SSSR count). The first kappa shape index (κ1) is 13.4. The minimum Gasteiger partial charge on any atom is -0.492 e. The third kappa shape index (κ3) is 4.05. The molecule has 0 aliphatic rings. The SMILES string of the molecule is Cc1cc(OCCCC(C)C)c(Br)cc1N. The second kappa shape index (κ2) is 6.14. The molecule has 3 heteroatoms. The van der Waals surface area contributed by atoms with Crippen LogP contribution in [0.1, 0.15) is 32.3 Å². The van der Waals surface area contributed by atoms with Gasteiger partial charge in [0.15, 0.2) is 0 Å². The van der Waals surface area contributed by atoms with Gasteiger partial charge in [-0.3, -0.25) is 0 Å². The van der Waals surface area contributed by atoms with Crippen molar-refractivity contribution < 1.29 is 4.74 Å². The van der Waals surface area contributed by atoms with Gasteiger partial charge in [0, 0.05) is 5.69 Å². The molecule has 1 aromatic rings. The van der Waals surface area contributed by atoms with Gasteiger partial charge in [-0.2, -0.15) is 0 Å². The molecule has 0 aliphatic heterocycles. The van der Waals surface area contributed by atoms with Crippen LogP contribution in [0.4, 0.5) is 5.69 Å². The monoisotopic (exact) mass is 285 g/mol. The number of nitrogens with two attached hydrogens (primary N) is 1. The summed E-state index contributed by atoms with van der Waals surface area (Å²) in [6, 6.07) is 3.88. The maximum atomic E-state index is 5.80. The maximum Gasteiger partial charge on any atom is 0.133 e. The van der Waals surface area contributed by atoms with Crippen molar-refractivity contribution in [3.05, 3.63) is 22.2 Å². The largest absolute Gasteiger partial charge is 0.492 e. The van der Waals surface area contributed by atoms with Crippen LogP contribution >= 0.6 is 15.9 Å². The molecule has 0 unspecified atom stereocenters. The normalized spacial score (nSPS) is 10.8. The van der Waals surface area contributed by atoms with Crippen LogP contribution in [0.15, 0.2) is 16.6 Å². The van der Waals surface area contributed by atoms with Crippen molar-refractivity contribution in [2.45, 2.75) is 33.6 Å². The lowest BCUT2D eigenvalue weighted by atomic mass is 10.1. The van der Waals surface area contributed by atoms with E-state index < -0.39 is 0 Å². The summed E-state index contributed by atoms with van der Waals surface area (Å²) in [5.74, 6) is 1.62. The van der Waals surface area contributed by atoms with E-state index in [4.69, 9.17) is 10.5 Å². The lowest BCUT2D eigenvalue weighted by Crippen LogP contribution is -2.01. The fourth-order valence-electron chi connectivity index (χ4n) is 1.45. The van der Waals surface area contributed by atoms with Crippen LogP contribution in [0.3, 0.4) is 0 Å². The Hall–Kier alpha value is -0.700. The van der Waals surface area contributed by atoms with E-state index in [-0.39, 0.29) is 0 Å². The number of hydrogen-bond acceptors (Lipinski definition) is 2. The molecule has 0 spiro atoms. The van der Waals surface area contributed by atoms with Crippen molar-refractivity contribution in [2.75, 3.05) is 12.3 Å². The average molecular weight is 286 g/mol. The highest BCUT2D eigenvalue weighted by atomic mass is 79.9. The first-order valence-electron chi connectivity index (χ1n) is 5.69. The predicted octanol–water partition coefficient (Wildman–Crippen LogP) is 4.15. The molecule has 0 aliphatic carbocycles. The first-order valence-corrected chi connectivity index (χ1v) is 6.48. The van der Waals surface area contributed by atoms with E-state index in [0.717, 1.165) is 40.4 Å². The smallest absolute Gasteiger partial charge is 0.133 e. The van der Waals surface area contributed by atoms with E-state index in [0.29, 0.717) is 0 Å². The molecule has 0 aromatic heterocycles. The summed E-state index contributed by atoms with van der Waals surface area (Å²) in [6.45, 7) is 7.20. The standard InChI is InChI=1S/C13H20BrNO/c1-9(2)5-4-6-16-13-7-10(3)12(15)8-11(13)14/h7-9H,4-6,15H2,1-3H3. The molecular weight excluding hydrogens is 266 g/mol. The van der Waals surface area contributed by atoms with Gasteiger partial charge in [-0.1, -0.05) is 13.8 Å². The molecule has 2 N–H and O–H groups in total. The van der Waals surface area contributed by atoms with E-state index in [1.54, 1.807) is 0 Å². The summed E-state index contributed by atoms with van der Waals surface area (Å²) in [7, 11) is 0. The van der Waals surface area contributed by atoms with Gasteiger partial charge in [0.2, 0.25) is 0 Å². The van der Waals surface area contributed by atoms with Crippen LogP contribution < -0.4 is 10.5 Å². The summed E-state index contributed by atoms with van der Waals surface area (Å²) in [5, 5.41) is 0. The Bertz CT molecular complexity index is 350. The van der Waals surface area contributed by atoms with Crippen molar-refractivity contribution >= 4 is 21.6 Å². The third-order valence-electron chi connectivity index (χ3n) is 2.50.